The van der Waals surface area contributed by atoms with Crippen LogP contribution in [0.5, 0.6) is 0 Å². The first-order chi connectivity index (χ1) is 14.1. The molecule has 1 amide bonds. The third-order valence-corrected chi connectivity index (χ3v) is 6.60. The normalized spacial score (nSPS) is 14.6. The topological polar surface area (TPSA) is 50.2 Å². The number of carbonyl (C=O) groups excluding carboxylic acids is 1. The zero-order valence-corrected chi connectivity index (χ0v) is 18.0. The third kappa shape index (κ3) is 4.82. The summed E-state index contributed by atoms with van der Waals surface area (Å²) in [5.74, 6) is 0.863. The van der Waals surface area contributed by atoms with Gasteiger partial charge in [-0.1, -0.05) is 41.6 Å². The third-order valence-electron chi connectivity index (χ3n) is 5.50. The Bertz CT molecular complexity index is 990. The summed E-state index contributed by atoms with van der Waals surface area (Å²) in [5.41, 5.74) is 5.16. The van der Waals surface area contributed by atoms with Gasteiger partial charge in [0.25, 0.3) is 5.91 Å². The summed E-state index contributed by atoms with van der Waals surface area (Å²) in [6.45, 7) is 6.03. The predicted molar refractivity (Wildman–Crippen MR) is 119 cm³/mol. The lowest BCUT2D eigenvalue weighted by atomic mass is 10.2. The molecule has 152 valence electrons. The molecule has 1 aromatic heterocycles. The number of hydrogen-bond acceptors (Lipinski definition) is 4. The van der Waals surface area contributed by atoms with Crippen LogP contribution in [0.3, 0.4) is 0 Å². The van der Waals surface area contributed by atoms with Crippen molar-refractivity contribution in [3.05, 3.63) is 59.2 Å². The van der Waals surface area contributed by atoms with Crippen LogP contribution in [0.25, 0.3) is 11.0 Å². The van der Waals surface area contributed by atoms with Crippen LogP contribution in [0.2, 0.25) is 0 Å². The van der Waals surface area contributed by atoms with Gasteiger partial charge in [0, 0.05) is 31.5 Å². The molecule has 1 aliphatic rings. The molecule has 0 radical (unpaired) electrons. The Hall–Kier alpha value is -2.31. The van der Waals surface area contributed by atoms with Gasteiger partial charge in [-0.25, -0.2) is 4.98 Å². The summed E-state index contributed by atoms with van der Waals surface area (Å²) in [7, 11) is 2.02. The monoisotopic (exact) mass is 408 g/mol. The van der Waals surface area contributed by atoms with Crippen LogP contribution < -0.4 is 5.32 Å². The summed E-state index contributed by atoms with van der Waals surface area (Å²) in [6, 6.07) is 14.4. The first-order valence-corrected chi connectivity index (χ1v) is 11.2. The molecule has 2 heterocycles. The highest BCUT2D eigenvalue weighted by atomic mass is 32.2. The van der Waals surface area contributed by atoms with Gasteiger partial charge in [0.1, 0.15) is 0 Å². The fourth-order valence-corrected chi connectivity index (χ4v) is 4.65. The van der Waals surface area contributed by atoms with Crippen molar-refractivity contribution in [2.24, 2.45) is 7.05 Å². The molecular weight excluding hydrogens is 380 g/mol. The Kier molecular flexibility index (Phi) is 6.21. The van der Waals surface area contributed by atoms with Gasteiger partial charge >= 0.3 is 0 Å². The molecule has 1 N–H and O–H groups in total. The van der Waals surface area contributed by atoms with E-state index in [1.54, 1.807) is 11.8 Å². The van der Waals surface area contributed by atoms with Crippen molar-refractivity contribution in [1.82, 2.24) is 19.8 Å². The summed E-state index contributed by atoms with van der Waals surface area (Å²) < 4.78 is 2.08. The van der Waals surface area contributed by atoms with Crippen LogP contribution in [0.15, 0.2) is 47.6 Å². The van der Waals surface area contributed by atoms with Gasteiger partial charge in [0.2, 0.25) is 0 Å². The lowest BCUT2D eigenvalue weighted by Gasteiger charge is -2.14. The summed E-state index contributed by atoms with van der Waals surface area (Å²) >= 11 is 1.72. The average Bonchev–Trinajstić information content (AvgIpc) is 3.35. The molecule has 1 saturated heterocycles. The van der Waals surface area contributed by atoms with Crippen molar-refractivity contribution in [1.29, 1.82) is 0 Å². The van der Waals surface area contributed by atoms with Crippen LogP contribution >= 0.6 is 11.8 Å². The fraction of sp³-hybridized carbons (Fsp3) is 0.391. The molecule has 2 aromatic carbocycles. The fourth-order valence-electron chi connectivity index (χ4n) is 3.71. The second kappa shape index (κ2) is 9.01. The van der Waals surface area contributed by atoms with E-state index in [9.17, 15) is 4.79 Å². The number of rotatable bonds is 7. The predicted octanol–water partition coefficient (Wildman–Crippen LogP) is 4.00. The maximum absolute atomic E-state index is 12.6. The van der Waals surface area contributed by atoms with Gasteiger partial charge in [0.05, 0.1) is 11.0 Å². The Labute approximate surface area is 176 Å². The number of fused-ring (bicyclic) bond motifs is 1. The SMILES string of the molecule is Cc1ccc(CSc2nc3ccc(C(=O)NCCN4CCCC4)cc3n2C)cc1. The average molecular weight is 409 g/mol. The Morgan fingerprint density at radius 1 is 1.14 bits per heavy atom. The molecule has 4 rings (SSSR count). The quantitative estimate of drug-likeness (QED) is 0.601. The van der Waals surface area contributed by atoms with Crippen molar-refractivity contribution in [2.75, 3.05) is 26.2 Å². The van der Waals surface area contributed by atoms with E-state index in [1.165, 1.54) is 24.0 Å². The van der Waals surface area contributed by atoms with E-state index in [2.05, 4.69) is 46.0 Å². The van der Waals surface area contributed by atoms with E-state index in [0.717, 1.165) is 41.6 Å². The highest BCUT2D eigenvalue weighted by molar-refractivity contribution is 7.98. The lowest BCUT2D eigenvalue weighted by molar-refractivity contribution is 0.0950. The van der Waals surface area contributed by atoms with E-state index in [-0.39, 0.29) is 5.91 Å². The van der Waals surface area contributed by atoms with E-state index in [4.69, 9.17) is 4.98 Å². The zero-order valence-electron chi connectivity index (χ0n) is 17.1. The number of aromatic nitrogens is 2. The molecule has 5 nitrogen and oxygen atoms in total. The molecule has 6 heteroatoms. The lowest BCUT2D eigenvalue weighted by Crippen LogP contribution is -2.33. The molecule has 1 aliphatic heterocycles. The van der Waals surface area contributed by atoms with Gasteiger partial charge in [-0.05, 0) is 56.6 Å². The number of thioether (sulfide) groups is 1. The number of hydrogen-bond donors (Lipinski definition) is 1. The summed E-state index contributed by atoms with van der Waals surface area (Å²) in [5, 5.41) is 4.02. The summed E-state index contributed by atoms with van der Waals surface area (Å²) in [4.78, 5) is 19.7. The van der Waals surface area contributed by atoms with Crippen LogP contribution in [-0.2, 0) is 12.8 Å². The minimum atomic E-state index is -0.0128. The molecule has 3 aromatic rings. The largest absolute Gasteiger partial charge is 0.351 e. The molecule has 1 fully saturated rings. The number of carbonyl (C=O) groups is 1. The number of imidazole rings is 1. The number of aryl methyl sites for hydroxylation is 2. The second-order valence-electron chi connectivity index (χ2n) is 7.74. The maximum atomic E-state index is 12.6. The van der Waals surface area contributed by atoms with Gasteiger partial charge in [-0.15, -0.1) is 0 Å². The molecule has 0 unspecified atom stereocenters. The molecule has 29 heavy (non-hydrogen) atoms. The number of nitrogens with one attached hydrogen (secondary N) is 1. The smallest absolute Gasteiger partial charge is 0.251 e. The van der Waals surface area contributed by atoms with Gasteiger partial charge in [-0.3, -0.25) is 4.79 Å². The van der Waals surface area contributed by atoms with Crippen LogP contribution in [-0.4, -0.2) is 46.5 Å². The van der Waals surface area contributed by atoms with Gasteiger partial charge < -0.3 is 14.8 Å². The Morgan fingerprint density at radius 2 is 1.90 bits per heavy atom. The molecule has 0 bridgehead atoms. The minimum absolute atomic E-state index is 0.0128. The van der Waals surface area contributed by atoms with E-state index >= 15 is 0 Å². The van der Waals surface area contributed by atoms with Crippen molar-refractivity contribution in [3.8, 4) is 0 Å². The van der Waals surface area contributed by atoms with Crippen LogP contribution in [0, 0.1) is 6.92 Å². The highest BCUT2D eigenvalue weighted by Crippen LogP contribution is 2.26. The molecule has 0 saturated carbocycles. The first kappa shape index (κ1) is 20.0. The minimum Gasteiger partial charge on any atom is -0.351 e. The molecule has 0 aliphatic carbocycles. The van der Waals surface area contributed by atoms with E-state index < -0.39 is 0 Å². The van der Waals surface area contributed by atoms with Crippen LogP contribution in [0.4, 0.5) is 0 Å². The maximum Gasteiger partial charge on any atom is 0.251 e. The molecular formula is C23H28N4OS. The standard InChI is InChI=1S/C23H28N4OS/c1-17-5-7-18(8-6-17)16-29-23-25-20-10-9-19(15-21(20)26(23)2)22(28)24-11-14-27-12-3-4-13-27/h5-10,15H,3-4,11-14,16H2,1-2H3,(H,24,28). The highest BCUT2D eigenvalue weighted by Gasteiger charge is 2.14. The van der Waals surface area contributed by atoms with Gasteiger partial charge in [0.15, 0.2) is 5.16 Å². The number of likely N-dealkylation sites (tertiary alicyclic amines) is 1. The molecule has 0 atom stereocenters. The van der Waals surface area contributed by atoms with Crippen molar-refractivity contribution in [3.63, 3.8) is 0 Å². The van der Waals surface area contributed by atoms with Crippen molar-refractivity contribution in [2.45, 2.75) is 30.7 Å². The van der Waals surface area contributed by atoms with E-state index in [1.807, 2.05) is 25.2 Å². The van der Waals surface area contributed by atoms with Gasteiger partial charge in [-0.2, -0.15) is 0 Å². The number of benzene rings is 2. The van der Waals surface area contributed by atoms with Crippen molar-refractivity contribution < 1.29 is 4.79 Å². The number of amides is 1. The zero-order chi connectivity index (χ0) is 20.2. The van der Waals surface area contributed by atoms with E-state index in [0.29, 0.717) is 12.1 Å². The first-order valence-electron chi connectivity index (χ1n) is 10.3. The Balaban J connectivity index is 1.40. The van der Waals surface area contributed by atoms with Crippen LogP contribution in [0.1, 0.15) is 34.3 Å². The second-order valence-corrected chi connectivity index (χ2v) is 8.68. The summed E-state index contributed by atoms with van der Waals surface area (Å²) in [6.07, 6.45) is 2.55. The molecule has 0 spiro atoms. The number of nitrogens with zero attached hydrogens (tertiary/aromatic N) is 3. The van der Waals surface area contributed by atoms with Crippen molar-refractivity contribution >= 4 is 28.7 Å². The Morgan fingerprint density at radius 3 is 2.66 bits per heavy atom.